The molecule has 19 heavy (non-hydrogen) atoms. The smallest absolute Gasteiger partial charge is 0.351 e. The van der Waals surface area contributed by atoms with Gasteiger partial charge in [0.1, 0.15) is 17.1 Å². The monoisotopic (exact) mass is 260 g/mol. The topological polar surface area (TPSA) is 85.3 Å². The first-order chi connectivity index (χ1) is 8.99. The number of carbonyl (C=O) groups is 1. The van der Waals surface area contributed by atoms with Gasteiger partial charge in [-0.3, -0.25) is 9.48 Å². The lowest BCUT2D eigenvalue weighted by Gasteiger charge is -1.99. The number of ketones is 1. The third-order valence-corrected chi connectivity index (χ3v) is 2.56. The van der Waals surface area contributed by atoms with Crippen molar-refractivity contribution in [2.45, 2.75) is 6.92 Å². The molecule has 6 heteroatoms. The molecule has 2 aromatic rings. The van der Waals surface area contributed by atoms with Crippen LogP contribution in [-0.2, 0) is 7.05 Å². The van der Waals surface area contributed by atoms with E-state index in [1.807, 2.05) is 0 Å². The summed E-state index contributed by atoms with van der Waals surface area (Å²) in [6, 6.07) is 2.94. The van der Waals surface area contributed by atoms with E-state index in [1.54, 1.807) is 24.0 Å². The van der Waals surface area contributed by atoms with E-state index < -0.39 is 11.4 Å². The summed E-state index contributed by atoms with van der Waals surface area (Å²) in [5.74, 6) is -0.754. The second kappa shape index (κ2) is 4.93. The molecule has 0 unspecified atom stereocenters. The first-order valence-corrected chi connectivity index (χ1v) is 5.53. The van der Waals surface area contributed by atoms with Crippen LogP contribution in [0.15, 0.2) is 33.6 Å². The minimum atomic E-state index is -0.850. The van der Waals surface area contributed by atoms with E-state index in [1.165, 1.54) is 25.1 Å². The molecule has 0 fully saturated rings. The molecule has 0 aromatic carbocycles. The standard InChI is InChI=1S/C13H12N2O4/c1-8-7-11(17)12(13(18)19-8)10(16)4-3-9-5-6-14-15(9)2/h3-7,17H,1-2H3/b4-3+. The Morgan fingerprint density at radius 2 is 2.26 bits per heavy atom. The van der Waals surface area contributed by atoms with E-state index in [0.29, 0.717) is 5.69 Å². The molecule has 2 aromatic heterocycles. The van der Waals surface area contributed by atoms with Crippen molar-refractivity contribution in [3.8, 4) is 5.75 Å². The average molecular weight is 260 g/mol. The van der Waals surface area contributed by atoms with Crippen molar-refractivity contribution in [3.05, 3.63) is 51.8 Å². The van der Waals surface area contributed by atoms with Gasteiger partial charge in [-0.05, 0) is 25.1 Å². The highest BCUT2D eigenvalue weighted by molar-refractivity contribution is 6.08. The molecule has 0 aliphatic rings. The Morgan fingerprint density at radius 1 is 1.53 bits per heavy atom. The van der Waals surface area contributed by atoms with E-state index in [4.69, 9.17) is 4.42 Å². The van der Waals surface area contributed by atoms with Crippen molar-refractivity contribution in [2.75, 3.05) is 0 Å². The number of carbonyl (C=O) groups excluding carboxylic acids is 1. The highest BCUT2D eigenvalue weighted by Crippen LogP contribution is 2.15. The van der Waals surface area contributed by atoms with Gasteiger partial charge in [0.15, 0.2) is 5.78 Å². The van der Waals surface area contributed by atoms with Crippen LogP contribution in [-0.4, -0.2) is 20.7 Å². The molecule has 0 atom stereocenters. The third kappa shape index (κ3) is 2.62. The molecule has 2 heterocycles. The summed E-state index contributed by atoms with van der Waals surface area (Å²) >= 11 is 0. The van der Waals surface area contributed by atoms with Crippen molar-refractivity contribution in [1.82, 2.24) is 9.78 Å². The van der Waals surface area contributed by atoms with E-state index in [-0.39, 0.29) is 17.1 Å². The molecule has 0 spiro atoms. The Labute approximate surface area is 108 Å². The van der Waals surface area contributed by atoms with Gasteiger partial charge in [-0.15, -0.1) is 0 Å². The van der Waals surface area contributed by atoms with Crippen molar-refractivity contribution in [2.24, 2.45) is 7.05 Å². The van der Waals surface area contributed by atoms with Crippen LogP contribution in [0.1, 0.15) is 21.8 Å². The van der Waals surface area contributed by atoms with Crippen molar-refractivity contribution < 1.29 is 14.3 Å². The van der Waals surface area contributed by atoms with Gasteiger partial charge in [-0.2, -0.15) is 5.10 Å². The number of nitrogens with zero attached hydrogens (tertiary/aromatic N) is 2. The number of aryl methyl sites for hydroxylation is 2. The Kier molecular flexibility index (Phi) is 3.33. The highest BCUT2D eigenvalue weighted by atomic mass is 16.4. The van der Waals surface area contributed by atoms with Crippen LogP contribution in [0.3, 0.4) is 0 Å². The van der Waals surface area contributed by atoms with Crippen molar-refractivity contribution in [1.29, 1.82) is 0 Å². The van der Waals surface area contributed by atoms with Crippen LogP contribution in [0.25, 0.3) is 6.08 Å². The molecule has 2 rings (SSSR count). The number of aromatic nitrogens is 2. The Balaban J connectivity index is 2.34. The number of hydrogen-bond acceptors (Lipinski definition) is 5. The maximum atomic E-state index is 11.9. The predicted molar refractivity (Wildman–Crippen MR) is 68.0 cm³/mol. The zero-order valence-electron chi connectivity index (χ0n) is 10.5. The maximum Gasteiger partial charge on any atom is 0.351 e. The summed E-state index contributed by atoms with van der Waals surface area (Å²) < 4.78 is 6.35. The summed E-state index contributed by atoms with van der Waals surface area (Å²) in [5.41, 5.74) is -0.523. The summed E-state index contributed by atoms with van der Waals surface area (Å²) in [5, 5.41) is 13.6. The molecular formula is C13H12N2O4. The molecule has 0 radical (unpaired) electrons. The largest absolute Gasteiger partial charge is 0.507 e. The summed E-state index contributed by atoms with van der Waals surface area (Å²) in [6.45, 7) is 1.51. The van der Waals surface area contributed by atoms with Crippen molar-refractivity contribution in [3.63, 3.8) is 0 Å². The molecule has 6 nitrogen and oxygen atoms in total. The lowest BCUT2D eigenvalue weighted by molar-refractivity contribution is 0.104. The van der Waals surface area contributed by atoms with Crippen LogP contribution in [0.2, 0.25) is 0 Å². The minimum absolute atomic E-state index is 0.245. The van der Waals surface area contributed by atoms with Gasteiger partial charge in [0, 0.05) is 19.3 Å². The maximum absolute atomic E-state index is 11.9. The summed E-state index contributed by atoms with van der Waals surface area (Å²) in [7, 11) is 1.72. The molecule has 0 saturated carbocycles. The fourth-order valence-electron chi connectivity index (χ4n) is 1.61. The zero-order valence-corrected chi connectivity index (χ0v) is 10.5. The first kappa shape index (κ1) is 12.8. The van der Waals surface area contributed by atoms with Crippen LogP contribution in [0.4, 0.5) is 0 Å². The quantitative estimate of drug-likeness (QED) is 0.663. The number of rotatable bonds is 3. The normalized spacial score (nSPS) is 11.1. The van der Waals surface area contributed by atoms with Gasteiger partial charge < -0.3 is 9.52 Å². The van der Waals surface area contributed by atoms with E-state index in [0.717, 1.165) is 0 Å². The van der Waals surface area contributed by atoms with Gasteiger partial charge >= 0.3 is 5.63 Å². The fraction of sp³-hybridized carbons (Fsp3) is 0.154. The molecule has 1 N–H and O–H groups in total. The van der Waals surface area contributed by atoms with Gasteiger partial charge in [-0.25, -0.2) is 4.79 Å². The molecule has 98 valence electrons. The Bertz CT molecular complexity index is 710. The van der Waals surface area contributed by atoms with Gasteiger partial charge in [0.2, 0.25) is 0 Å². The lowest BCUT2D eigenvalue weighted by atomic mass is 10.1. The van der Waals surface area contributed by atoms with Gasteiger partial charge in [0.05, 0.1) is 5.69 Å². The Hall–Kier alpha value is -2.63. The molecule has 0 aliphatic heterocycles. The van der Waals surface area contributed by atoms with Crippen LogP contribution in [0, 0.1) is 6.92 Å². The number of allylic oxidation sites excluding steroid dienone is 1. The van der Waals surface area contributed by atoms with Crippen LogP contribution >= 0.6 is 0 Å². The molecule has 0 bridgehead atoms. The molecule has 0 amide bonds. The SMILES string of the molecule is Cc1cc(O)c(C(=O)/C=C/c2ccnn2C)c(=O)o1. The summed E-state index contributed by atoms with van der Waals surface area (Å²) in [6.07, 6.45) is 4.29. The van der Waals surface area contributed by atoms with Gasteiger partial charge in [0.25, 0.3) is 0 Å². The number of aromatic hydroxyl groups is 1. The lowest BCUT2D eigenvalue weighted by Crippen LogP contribution is -2.13. The third-order valence-electron chi connectivity index (χ3n) is 2.56. The predicted octanol–water partition coefficient (Wildman–Crippen LogP) is 1.28. The summed E-state index contributed by atoms with van der Waals surface area (Å²) in [4.78, 5) is 23.4. The van der Waals surface area contributed by atoms with Crippen molar-refractivity contribution >= 4 is 11.9 Å². The van der Waals surface area contributed by atoms with Crippen LogP contribution in [0.5, 0.6) is 5.75 Å². The van der Waals surface area contributed by atoms with E-state index in [2.05, 4.69) is 5.10 Å². The molecule has 0 saturated heterocycles. The Morgan fingerprint density at radius 3 is 2.84 bits per heavy atom. The second-order valence-electron chi connectivity index (χ2n) is 3.98. The van der Waals surface area contributed by atoms with Crippen LogP contribution < -0.4 is 5.63 Å². The fourth-order valence-corrected chi connectivity index (χ4v) is 1.61. The molecule has 0 aliphatic carbocycles. The molecular weight excluding hydrogens is 248 g/mol. The van der Waals surface area contributed by atoms with E-state index in [9.17, 15) is 14.7 Å². The highest BCUT2D eigenvalue weighted by Gasteiger charge is 2.15. The van der Waals surface area contributed by atoms with E-state index >= 15 is 0 Å². The second-order valence-corrected chi connectivity index (χ2v) is 3.98. The van der Waals surface area contributed by atoms with Gasteiger partial charge in [-0.1, -0.05) is 0 Å². The first-order valence-electron chi connectivity index (χ1n) is 5.53. The zero-order chi connectivity index (χ0) is 14.0. The average Bonchev–Trinajstić information content (AvgIpc) is 2.70. The number of hydrogen-bond donors (Lipinski definition) is 1. The minimum Gasteiger partial charge on any atom is -0.507 e.